The van der Waals surface area contributed by atoms with Crippen LogP contribution < -0.4 is 0 Å². The zero-order valence-electron chi connectivity index (χ0n) is 14.5. The second-order valence-corrected chi connectivity index (χ2v) is 6.88. The molecule has 0 aromatic carbocycles. The number of rotatable bonds is 4. The van der Waals surface area contributed by atoms with Crippen molar-refractivity contribution < 1.29 is 14.3 Å². The van der Waals surface area contributed by atoms with Crippen LogP contribution in [0.3, 0.4) is 0 Å². The van der Waals surface area contributed by atoms with Crippen molar-refractivity contribution in [1.29, 1.82) is 0 Å². The first kappa shape index (κ1) is 17.0. The first-order valence-corrected chi connectivity index (χ1v) is 8.66. The van der Waals surface area contributed by atoms with E-state index in [1.54, 1.807) is 13.2 Å². The molecule has 1 unspecified atom stereocenters. The molecule has 0 aliphatic carbocycles. The molecule has 132 valence electrons. The number of carbonyl (C=O) groups excluding carboxylic acids is 2. The third kappa shape index (κ3) is 3.17. The Morgan fingerprint density at radius 2 is 2.21 bits per heavy atom. The maximum Gasteiger partial charge on any atom is 0.274 e. The molecule has 0 radical (unpaired) electrons. The van der Waals surface area contributed by atoms with E-state index in [1.807, 2.05) is 16.7 Å². The maximum absolute atomic E-state index is 12.8. The smallest absolute Gasteiger partial charge is 0.274 e. The average molecular weight is 334 g/mol. The van der Waals surface area contributed by atoms with Gasteiger partial charge in [-0.3, -0.25) is 14.7 Å². The number of aromatic nitrogens is 2. The summed E-state index contributed by atoms with van der Waals surface area (Å²) in [6.45, 7) is 4.32. The molecule has 7 heteroatoms. The van der Waals surface area contributed by atoms with Gasteiger partial charge in [-0.2, -0.15) is 5.10 Å². The number of carbonyl (C=O) groups is 2. The normalized spacial score (nSPS) is 24.7. The van der Waals surface area contributed by atoms with Gasteiger partial charge in [-0.15, -0.1) is 0 Å². The molecule has 3 heterocycles. The molecular weight excluding hydrogens is 308 g/mol. The van der Waals surface area contributed by atoms with Gasteiger partial charge in [0.05, 0.1) is 12.1 Å². The zero-order chi connectivity index (χ0) is 17.2. The van der Waals surface area contributed by atoms with E-state index in [4.69, 9.17) is 4.74 Å². The lowest BCUT2D eigenvalue weighted by Crippen LogP contribution is -2.63. The number of nitrogens with one attached hydrogen (secondary N) is 1. The van der Waals surface area contributed by atoms with E-state index in [-0.39, 0.29) is 17.4 Å². The number of ether oxygens (including phenoxy) is 1. The zero-order valence-corrected chi connectivity index (χ0v) is 14.5. The lowest BCUT2D eigenvalue weighted by Gasteiger charge is -2.52. The summed E-state index contributed by atoms with van der Waals surface area (Å²) in [6, 6.07) is 1.78. The van der Waals surface area contributed by atoms with Crippen molar-refractivity contribution in [3.8, 4) is 0 Å². The molecule has 1 aromatic heterocycles. The topological polar surface area (TPSA) is 78.5 Å². The van der Waals surface area contributed by atoms with Crippen LogP contribution in [-0.2, 0) is 9.53 Å². The molecule has 2 amide bonds. The van der Waals surface area contributed by atoms with Gasteiger partial charge < -0.3 is 14.5 Å². The molecule has 2 saturated heterocycles. The maximum atomic E-state index is 12.8. The summed E-state index contributed by atoms with van der Waals surface area (Å²) in [5, 5.41) is 6.92. The van der Waals surface area contributed by atoms with Crippen LogP contribution in [0, 0.1) is 6.92 Å². The van der Waals surface area contributed by atoms with Crippen LogP contribution in [0.2, 0.25) is 0 Å². The molecule has 7 nitrogen and oxygen atoms in total. The number of methoxy groups -OCH3 is 1. The standard InChI is InChI=1S/C17H26N4O3/c1-13-11-14(19-18-13)16(23)20-8-4-7-17(12-20)6-3-5-15(22)21(17)9-10-24-2/h11H,3-10,12H2,1-2H3,(H,18,19). The molecule has 0 bridgehead atoms. The molecule has 2 fully saturated rings. The number of likely N-dealkylation sites (tertiary alicyclic amines) is 2. The van der Waals surface area contributed by atoms with Crippen molar-refractivity contribution in [1.82, 2.24) is 20.0 Å². The summed E-state index contributed by atoms with van der Waals surface area (Å²) in [6.07, 6.45) is 4.30. The highest BCUT2D eigenvalue weighted by Gasteiger charge is 2.46. The Labute approximate surface area is 142 Å². The number of aryl methyl sites for hydroxylation is 1. The van der Waals surface area contributed by atoms with Crippen LogP contribution >= 0.6 is 0 Å². The van der Waals surface area contributed by atoms with Crippen molar-refractivity contribution in [3.63, 3.8) is 0 Å². The Bertz CT molecular complexity index is 611. The minimum Gasteiger partial charge on any atom is -0.383 e. The summed E-state index contributed by atoms with van der Waals surface area (Å²) in [4.78, 5) is 29.1. The van der Waals surface area contributed by atoms with Crippen molar-refractivity contribution in [3.05, 3.63) is 17.5 Å². The number of nitrogens with zero attached hydrogens (tertiary/aromatic N) is 3. The molecule has 1 N–H and O–H groups in total. The van der Waals surface area contributed by atoms with Crippen LogP contribution in [0.5, 0.6) is 0 Å². The van der Waals surface area contributed by atoms with Gasteiger partial charge in [-0.05, 0) is 38.7 Å². The third-order valence-electron chi connectivity index (χ3n) is 5.19. The lowest BCUT2D eigenvalue weighted by atomic mass is 9.79. The Morgan fingerprint density at radius 1 is 1.42 bits per heavy atom. The average Bonchev–Trinajstić information content (AvgIpc) is 3.00. The van der Waals surface area contributed by atoms with Crippen LogP contribution in [0.1, 0.15) is 48.3 Å². The van der Waals surface area contributed by atoms with Crippen LogP contribution in [0.25, 0.3) is 0 Å². The van der Waals surface area contributed by atoms with Gasteiger partial charge in [0.1, 0.15) is 5.69 Å². The quantitative estimate of drug-likeness (QED) is 0.901. The summed E-state index contributed by atoms with van der Waals surface area (Å²) in [5.74, 6) is 0.131. The summed E-state index contributed by atoms with van der Waals surface area (Å²) in [7, 11) is 1.65. The molecular formula is C17H26N4O3. The molecule has 2 aliphatic rings. The molecule has 1 spiro atoms. The van der Waals surface area contributed by atoms with Gasteiger partial charge in [-0.1, -0.05) is 0 Å². The first-order valence-electron chi connectivity index (χ1n) is 8.66. The predicted octanol–water partition coefficient (Wildman–Crippen LogP) is 1.35. The van der Waals surface area contributed by atoms with Crippen molar-refractivity contribution >= 4 is 11.8 Å². The Hall–Kier alpha value is -1.89. The second-order valence-electron chi connectivity index (χ2n) is 6.88. The van der Waals surface area contributed by atoms with E-state index in [0.29, 0.717) is 31.8 Å². The SMILES string of the molecule is COCCN1C(=O)CCCC12CCCN(C(=O)c1cc(C)[nH]n1)C2. The van der Waals surface area contributed by atoms with E-state index < -0.39 is 0 Å². The van der Waals surface area contributed by atoms with Gasteiger partial charge in [0, 0.05) is 38.9 Å². The fourth-order valence-electron chi connectivity index (χ4n) is 4.05. The van der Waals surface area contributed by atoms with Crippen molar-refractivity contribution in [2.24, 2.45) is 0 Å². The molecule has 1 atom stereocenters. The highest BCUT2D eigenvalue weighted by molar-refractivity contribution is 5.92. The monoisotopic (exact) mass is 334 g/mol. The summed E-state index contributed by atoms with van der Waals surface area (Å²) in [5.41, 5.74) is 1.09. The molecule has 2 aliphatic heterocycles. The molecule has 0 saturated carbocycles. The number of amides is 2. The highest BCUT2D eigenvalue weighted by atomic mass is 16.5. The van der Waals surface area contributed by atoms with Crippen LogP contribution in [-0.4, -0.2) is 70.7 Å². The Morgan fingerprint density at radius 3 is 2.92 bits per heavy atom. The Kier molecular flexibility index (Phi) is 4.89. The fraction of sp³-hybridized carbons (Fsp3) is 0.706. The highest BCUT2D eigenvalue weighted by Crippen LogP contribution is 2.37. The van der Waals surface area contributed by atoms with Gasteiger partial charge in [0.15, 0.2) is 0 Å². The van der Waals surface area contributed by atoms with Crippen molar-refractivity contribution in [2.45, 2.75) is 44.6 Å². The van der Waals surface area contributed by atoms with E-state index >= 15 is 0 Å². The minimum absolute atomic E-state index is 0.0526. The first-order chi connectivity index (χ1) is 11.6. The fourth-order valence-corrected chi connectivity index (χ4v) is 4.05. The van der Waals surface area contributed by atoms with Gasteiger partial charge in [-0.25, -0.2) is 0 Å². The number of hydrogen-bond acceptors (Lipinski definition) is 4. The molecule has 3 rings (SSSR count). The number of hydrogen-bond donors (Lipinski definition) is 1. The number of aromatic amines is 1. The second kappa shape index (κ2) is 6.93. The van der Waals surface area contributed by atoms with Gasteiger partial charge in [0.25, 0.3) is 5.91 Å². The number of H-pyrrole nitrogens is 1. The summed E-state index contributed by atoms with van der Waals surface area (Å²) < 4.78 is 5.18. The molecule has 1 aromatic rings. The van der Waals surface area contributed by atoms with E-state index in [9.17, 15) is 9.59 Å². The minimum atomic E-state index is -0.243. The van der Waals surface area contributed by atoms with Crippen LogP contribution in [0.15, 0.2) is 6.07 Å². The number of piperidine rings is 2. The Balaban J connectivity index is 1.79. The predicted molar refractivity (Wildman–Crippen MR) is 88.6 cm³/mol. The lowest BCUT2D eigenvalue weighted by molar-refractivity contribution is -0.146. The van der Waals surface area contributed by atoms with Gasteiger partial charge >= 0.3 is 0 Å². The largest absolute Gasteiger partial charge is 0.383 e. The van der Waals surface area contributed by atoms with E-state index in [1.165, 1.54) is 0 Å². The van der Waals surface area contributed by atoms with Crippen molar-refractivity contribution in [2.75, 3.05) is 33.4 Å². The van der Waals surface area contributed by atoms with Crippen LogP contribution in [0.4, 0.5) is 0 Å². The summed E-state index contributed by atoms with van der Waals surface area (Å²) >= 11 is 0. The van der Waals surface area contributed by atoms with Gasteiger partial charge in [0.2, 0.25) is 5.91 Å². The third-order valence-corrected chi connectivity index (χ3v) is 5.19. The van der Waals surface area contributed by atoms with E-state index in [2.05, 4.69) is 10.2 Å². The molecule has 24 heavy (non-hydrogen) atoms. The van der Waals surface area contributed by atoms with E-state index in [0.717, 1.165) is 37.9 Å².